The van der Waals surface area contributed by atoms with Crippen molar-refractivity contribution in [1.29, 1.82) is 0 Å². The third-order valence-corrected chi connectivity index (χ3v) is 5.52. The second kappa shape index (κ2) is 5.68. The van der Waals surface area contributed by atoms with Crippen LogP contribution in [0.4, 0.5) is 0 Å². The first-order valence-electron chi connectivity index (χ1n) is 5.94. The molecule has 1 aliphatic rings. The van der Waals surface area contributed by atoms with Crippen molar-refractivity contribution in [3.8, 4) is 0 Å². The maximum atomic E-state index is 12.5. The predicted molar refractivity (Wildman–Crippen MR) is 71.1 cm³/mol. The van der Waals surface area contributed by atoms with E-state index in [2.05, 4.69) is 5.10 Å². The van der Waals surface area contributed by atoms with Crippen molar-refractivity contribution in [2.24, 2.45) is 7.05 Å². The van der Waals surface area contributed by atoms with Crippen LogP contribution in [-0.2, 0) is 21.9 Å². The van der Waals surface area contributed by atoms with Crippen molar-refractivity contribution < 1.29 is 18.3 Å². The molecule has 10 heteroatoms. The molecule has 1 aromatic rings. The molecule has 0 spiro atoms. The molecular formula is C10H15ClN4O4S. The highest BCUT2D eigenvalue weighted by Gasteiger charge is 2.32. The van der Waals surface area contributed by atoms with Crippen LogP contribution < -0.4 is 0 Å². The Morgan fingerprint density at radius 1 is 1.40 bits per heavy atom. The molecule has 0 saturated carbocycles. The Kier molecular flexibility index (Phi) is 4.33. The number of carboxylic acids is 1. The highest BCUT2D eigenvalue weighted by molar-refractivity contribution is 7.89. The second-order valence-electron chi connectivity index (χ2n) is 4.50. The molecule has 1 fully saturated rings. The molecule has 1 aromatic heterocycles. The van der Waals surface area contributed by atoms with Gasteiger partial charge in [0.05, 0.1) is 17.8 Å². The van der Waals surface area contributed by atoms with Crippen molar-refractivity contribution >= 4 is 27.6 Å². The van der Waals surface area contributed by atoms with E-state index in [4.69, 9.17) is 16.7 Å². The monoisotopic (exact) mass is 322 g/mol. The summed E-state index contributed by atoms with van der Waals surface area (Å²) in [5.74, 6) is -0.920. The van der Waals surface area contributed by atoms with Gasteiger partial charge in [-0.05, 0) is 0 Å². The SMILES string of the molecule is Cn1ncc(Cl)c1S(=O)(=O)N1CCN(CC(=O)O)CC1. The number of aromatic nitrogens is 2. The smallest absolute Gasteiger partial charge is 0.317 e. The molecule has 1 N–H and O–H groups in total. The third kappa shape index (κ3) is 2.95. The minimum atomic E-state index is -3.70. The number of halogens is 1. The van der Waals surface area contributed by atoms with Gasteiger partial charge in [-0.25, -0.2) is 8.42 Å². The van der Waals surface area contributed by atoms with Gasteiger partial charge in [0.1, 0.15) is 0 Å². The average molecular weight is 323 g/mol. The highest BCUT2D eigenvalue weighted by atomic mass is 35.5. The molecule has 1 aliphatic heterocycles. The van der Waals surface area contributed by atoms with Crippen LogP contribution in [0.5, 0.6) is 0 Å². The quantitative estimate of drug-likeness (QED) is 0.800. The van der Waals surface area contributed by atoms with Crippen molar-refractivity contribution in [3.05, 3.63) is 11.2 Å². The largest absolute Gasteiger partial charge is 0.480 e. The Balaban J connectivity index is 2.12. The van der Waals surface area contributed by atoms with Crippen LogP contribution in [0.2, 0.25) is 5.02 Å². The van der Waals surface area contributed by atoms with Gasteiger partial charge in [0.2, 0.25) is 0 Å². The molecule has 2 rings (SSSR count). The van der Waals surface area contributed by atoms with Crippen LogP contribution in [0.1, 0.15) is 0 Å². The molecule has 1 saturated heterocycles. The Bertz CT molecular complexity index is 587. The van der Waals surface area contributed by atoms with Crippen LogP contribution in [0, 0.1) is 0 Å². The van der Waals surface area contributed by atoms with Crippen molar-refractivity contribution in [2.45, 2.75) is 5.03 Å². The minimum absolute atomic E-state index is 0.0362. The van der Waals surface area contributed by atoms with Crippen molar-refractivity contribution in [1.82, 2.24) is 19.0 Å². The Morgan fingerprint density at radius 3 is 2.45 bits per heavy atom. The fraction of sp³-hybridized carbons (Fsp3) is 0.600. The van der Waals surface area contributed by atoms with Crippen LogP contribution in [0.25, 0.3) is 0 Å². The number of aryl methyl sites for hydroxylation is 1. The van der Waals surface area contributed by atoms with E-state index in [0.717, 1.165) is 0 Å². The summed E-state index contributed by atoms with van der Waals surface area (Å²) in [7, 11) is -2.19. The maximum Gasteiger partial charge on any atom is 0.317 e. The third-order valence-electron chi connectivity index (χ3n) is 3.12. The molecule has 0 unspecified atom stereocenters. The number of aliphatic carboxylic acids is 1. The molecule has 2 heterocycles. The normalized spacial score (nSPS) is 18.3. The standard InChI is InChI=1S/C10H15ClN4O4S/c1-13-10(8(11)6-12-13)20(18,19)15-4-2-14(3-5-15)7-9(16)17/h6H,2-5,7H2,1H3,(H,16,17). The first-order chi connectivity index (χ1) is 9.32. The van der Waals surface area contributed by atoms with E-state index >= 15 is 0 Å². The number of nitrogens with zero attached hydrogens (tertiary/aromatic N) is 4. The average Bonchev–Trinajstić information content (AvgIpc) is 2.69. The lowest BCUT2D eigenvalue weighted by molar-refractivity contribution is -0.138. The van der Waals surface area contributed by atoms with Crippen LogP contribution in [0.15, 0.2) is 11.2 Å². The Hall–Kier alpha value is -1.16. The summed E-state index contributed by atoms with van der Waals surface area (Å²) in [6, 6.07) is 0. The number of piperazine rings is 1. The molecular weight excluding hydrogens is 308 g/mol. The number of rotatable bonds is 4. The summed E-state index contributed by atoms with van der Waals surface area (Å²) in [6.45, 7) is 1.14. The number of carboxylic acid groups (broad SMARTS) is 1. The number of hydrogen-bond acceptors (Lipinski definition) is 5. The van der Waals surface area contributed by atoms with E-state index in [9.17, 15) is 13.2 Å². The lowest BCUT2D eigenvalue weighted by atomic mass is 10.3. The maximum absolute atomic E-state index is 12.5. The van der Waals surface area contributed by atoms with Crippen LogP contribution in [-0.4, -0.2) is 71.2 Å². The molecule has 0 amide bonds. The van der Waals surface area contributed by atoms with Crippen LogP contribution in [0.3, 0.4) is 0 Å². The topological polar surface area (TPSA) is 95.7 Å². The highest BCUT2D eigenvalue weighted by Crippen LogP contribution is 2.24. The van der Waals surface area contributed by atoms with Gasteiger partial charge >= 0.3 is 5.97 Å². The predicted octanol–water partition coefficient (Wildman–Crippen LogP) is -0.536. The summed E-state index contributed by atoms with van der Waals surface area (Å²) >= 11 is 5.87. The number of sulfonamides is 1. The fourth-order valence-corrected chi connectivity index (χ4v) is 4.16. The first-order valence-corrected chi connectivity index (χ1v) is 7.76. The van der Waals surface area contributed by atoms with Gasteiger partial charge in [0, 0.05) is 33.2 Å². The van der Waals surface area contributed by atoms with E-state index in [1.165, 1.54) is 22.2 Å². The van der Waals surface area contributed by atoms with Gasteiger partial charge in [-0.2, -0.15) is 9.40 Å². The van der Waals surface area contributed by atoms with Gasteiger partial charge in [0.15, 0.2) is 5.03 Å². The fourth-order valence-electron chi connectivity index (χ4n) is 2.13. The lowest BCUT2D eigenvalue weighted by Gasteiger charge is -2.32. The summed E-state index contributed by atoms with van der Waals surface area (Å²) in [6.07, 6.45) is 1.29. The van der Waals surface area contributed by atoms with Gasteiger partial charge in [-0.15, -0.1) is 0 Å². The van der Waals surface area contributed by atoms with Gasteiger partial charge < -0.3 is 5.11 Å². The van der Waals surface area contributed by atoms with E-state index in [0.29, 0.717) is 13.1 Å². The lowest BCUT2D eigenvalue weighted by Crippen LogP contribution is -2.50. The number of hydrogen-bond donors (Lipinski definition) is 1. The summed E-state index contributed by atoms with van der Waals surface area (Å²) in [5, 5.41) is 12.6. The minimum Gasteiger partial charge on any atom is -0.480 e. The summed E-state index contributed by atoms with van der Waals surface area (Å²) in [5.41, 5.74) is 0. The molecule has 0 atom stereocenters. The molecule has 112 valence electrons. The zero-order valence-corrected chi connectivity index (χ0v) is 12.4. The molecule has 20 heavy (non-hydrogen) atoms. The summed E-state index contributed by atoms with van der Waals surface area (Å²) in [4.78, 5) is 12.3. The van der Waals surface area contributed by atoms with E-state index < -0.39 is 16.0 Å². The Labute approximate surface area is 121 Å². The van der Waals surface area contributed by atoms with E-state index in [1.807, 2.05) is 0 Å². The zero-order chi connectivity index (χ0) is 14.9. The van der Waals surface area contributed by atoms with Crippen LogP contribution >= 0.6 is 11.6 Å². The Morgan fingerprint density at radius 2 is 2.00 bits per heavy atom. The summed E-state index contributed by atoms with van der Waals surface area (Å²) < 4.78 is 27.5. The van der Waals surface area contributed by atoms with Crippen molar-refractivity contribution in [3.63, 3.8) is 0 Å². The molecule has 0 radical (unpaired) electrons. The molecule has 0 aromatic carbocycles. The first kappa shape index (κ1) is 15.2. The molecule has 0 aliphatic carbocycles. The van der Waals surface area contributed by atoms with E-state index in [1.54, 1.807) is 4.90 Å². The van der Waals surface area contributed by atoms with Gasteiger partial charge in [0.25, 0.3) is 10.0 Å². The molecule has 8 nitrogen and oxygen atoms in total. The van der Waals surface area contributed by atoms with Gasteiger partial charge in [-0.1, -0.05) is 11.6 Å². The zero-order valence-electron chi connectivity index (χ0n) is 10.9. The second-order valence-corrected chi connectivity index (χ2v) is 6.76. The molecule has 0 bridgehead atoms. The number of carbonyl (C=O) groups is 1. The van der Waals surface area contributed by atoms with Gasteiger partial charge in [-0.3, -0.25) is 14.4 Å². The van der Waals surface area contributed by atoms with Crippen molar-refractivity contribution in [2.75, 3.05) is 32.7 Å². The van der Waals surface area contributed by atoms with E-state index in [-0.39, 0.29) is 29.7 Å².